The minimum Gasteiger partial charge on any atom is -0.395 e. The first-order valence-electron chi connectivity index (χ1n) is 5.96. The zero-order valence-corrected chi connectivity index (χ0v) is 11.6. The first kappa shape index (κ1) is 13.8. The number of pyridine rings is 1. The molecule has 0 fully saturated rings. The van der Waals surface area contributed by atoms with Gasteiger partial charge in [0.1, 0.15) is 0 Å². The molecule has 100 valence electrons. The molecule has 0 saturated heterocycles. The van der Waals surface area contributed by atoms with Gasteiger partial charge in [0.2, 0.25) is 0 Å². The van der Waals surface area contributed by atoms with E-state index in [0.29, 0.717) is 22.6 Å². The normalized spacial score (nSPS) is 10.7. The number of aliphatic hydroxyl groups is 1. The standard InChI is InChI=1S/C14H15ClN2O2/c1-9-8-11(14(19)17(2)6-7-18)10-4-3-5-12(15)13(10)16-9/h3-5,8,18H,6-7H2,1-2H3. The predicted molar refractivity (Wildman–Crippen MR) is 75.5 cm³/mol. The Kier molecular flexibility index (Phi) is 4.02. The SMILES string of the molecule is Cc1cc(C(=O)N(C)CCO)c2cccc(Cl)c2n1. The monoisotopic (exact) mass is 278 g/mol. The van der Waals surface area contributed by atoms with Gasteiger partial charge in [0.05, 0.1) is 22.7 Å². The minimum atomic E-state index is -0.146. The fourth-order valence-electron chi connectivity index (χ4n) is 1.98. The number of hydrogen-bond acceptors (Lipinski definition) is 3. The van der Waals surface area contributed by atoms with Crippen LogP contribution in [0.2, 0.25) is 5.02 Å². The molecule has 0 radical (unpaired) electrons. The largest absolute Gasteiger partial charge is 0.395 e. The summed E-state index contributed by atoms with van der Waals surface area (Å²) in [5.41, 5.74) is 1.92. The van der Waals surface area contributed by atoms with Gasteiger partial charge in [-0.1, -0.05) is 23.7 Å². The van der Waals surface area contributed by atoms with E-state index in [1.165, 1.54) is 4.90 Å². The summed E-state index contributed by atoms with van der Waals surface area (Å²) in [6, 6.07) is 7.12. The summed E-state index contributed by atoms with van der Waals surface area (Å²) in [5, 5.41) is 10.2. The lowest BCUT2D eigenvalue weighted by atomic mass is 10.1. The second kappa shape index (κ2) is 5.55. The van der Waals surface area contributed by atoms with E-state index < -0.39 is 0 Å². The molecule has 1 heterocycles. The molecule has 0 atom stereocenters. The molecule has 1 amide bonds. The van der Waals surface area contributed by atoms with Crippen LogP contribution in [0, 0.1) is 6.92 Å². The summed E-state index contributed by atoms with van der Waals surface area (Å²) < 4.78 is 0. The molecule has 1 aromatic heterocycles. The first-order valence-corrected chi connectivity index (χ1v) is 6.34. The van der Waals surface area contributed by atoms with Crippen molar-refractivity contribution in [2.45, 2.75) is 6.92 Å². The highest BCUT2D eigenvalue weighted by molar-refractivity contribution is 6.35. The number of para-hydroxylation sites is 1. The number of nitrogens with zero attached hydrogens (tertiary/aromatic N) is 2. The van der Waals surface area contributed by atoms with E-state index in [1.54, 1.807) is 25.2 Å². The van der Waals surface area contributed by atoms with Crippen LogP contribution >= 0.6 is 11.6 Å². The molecule has 0 aliphatic heterocycles. The maximum atomic E-state index is 12.4. The van der Waals surface area contributed by atoms with Crippen LogP contribution < -0.4 is 0 Å². The van der Waals surface area contributed by atoms with Crippen LogP contribution in [-0.2, 0) is 0 Å². The molecule has 0 saturated carbocycles. The van der Waals surface area contributed by atoms with Crippen molar-refractivity contribution >= 4 is 28.4 Å². The van der Waals surface area contributed by atoms with Crippen molar-refractivity contribution in [1.82, 2.24) is 9.88 Å². The van der Waals surface area contributed by atoms with Crippen molar-refractivity contribution in [2.75, 3.05) is 20.2 Å². The number of aryl methyl sites for hydroxylation is 1. The molecule has 0 spiro atoms. The average Bonchev–Trinajstić information content (AvgIpc) is 2.38. The number of rotatable bonds is 3. The molecule has 2 rings (SSSR count). The summed E-state index contributed by atoms with van der Waals surface area (Å²) in [5.74, 6) is -0.146. The maximum Gasteiger partial charge on any atom is 0.254 e. The number of halogens is 1. The molecule has 19 heavy (non-hydrogen) atoms. The van der Waals surface area contributed by atoms with E-state index in [9.17, 15) is 4.79 Å². The molecular weight excluding hydrogens is 264 g/mol. The lowest BCUT2D eigenvalue weighted by molar-refractivity contribution is 0.0768. The molecule has 0 aliphatic carbocycles. The quantitative estimate of drug-likeness (QED) is 0.937. The third-order valence-electron chi connectivity index (χ3n) is 2.93. The molecule has 0 unspecified atom stereocenters. The van der Waals surface area contributed by atoms with Crippen molar-refractivity contribution in [3.8, 4) is 0 Å². The highest BCUT2D eigenvalue weighted by Crippen LogP contribution is 2.25. The van der Waals surface area contributed by atoms with Crippen molar-refractivity contribution < 1.29 is 9.90 Å². The molecule has 1 aromatic carbocycles. The second-order valence-corrected chi connectivity index (χ2v) is 4.80. The lowest BCUT2D eigenvalue weighted by Gasteiger charge is -2.17. The molecule has 0 bridgehead atoms. The highest BCUT2D eigenvalue weighted by atomic mass is 35.5. The minimum absolute atomic E-state index is 0.0645. The van der Waals surface area contributed by atoms with E-state index in [2.05, 4.69) is 4.98 Å². The number of hydrogen-bond donors (Lipinski definition) is 1. The summed E-state index contributed by atoms with van der Waals surface area (Å²) in [6.07, 6.45) is 0. The summed E-state index contributed by atoms with van der Waals surface area (Å²) >= 11 is 6.12. The fraction of sp³-hybridized carbons (Fsp3) is 0.286. The van der Waals surface area contributed by atoms with E-state index in [1.807, 2.05) is 13.0 Å². The molecule has 5 heteroatoms. The third-order valence-corrected chi connectivity index (χ3v) is 3.24. The van der Waals surface area contributed by atoms with Crippen molar-refractivity contribution in [3.63, 3.8) is 0 Å². The Morgan fingerprint density at radius 2 is 2.21 bits per heavy atom. The highest BCUT2D eigenvalue weighted by Gasteiger charge is 2.16. The molecule has 4 nitrogen and oxygen atoms in total. The predicted octanol–water partition coefficient (Wildman–Crippen LogP) is 2.26. The smallest absolute Gasteiger partial charge is 0.254 e. The van der Waals surface area contributed by atoms with Crippen molar-refractivity contribution in [1.29, 1.82) is 0 Å². The van der Waals surface area contributed by atoms with Gasteiger partial charge in [-0.15, -0.1) is 0 Å². The summed E-state index contributed by atoms with van der Waals surface area (Å²) in [6.45, 7) is 2.05. The number of carbonyl (C=O) groups is 1. The molecule has 0 aliphatic rings. The van der Waals surface area contributed by atoms with Gasteiger partial charge in [0, 0.05) is 24.7 Å². The number of aliphatic hydroxyl groups excluding tert-OH is 1. The van der Waals surface area contributed by atoms with Crippen LogP contribution in [0.1, 0.15) is 16.1 Å². The van der Waals surface area contributed by atoms with Crippen LogP contribution in [0.25, 0.3) is 10.9 Å². The second-order valence-electron chi connectivity index (χ2n) is 4.40. The average molecular weight is 279 g/mol. The van der Waals surface area contributed by atoms with Gasteiger partial charge in [-0.05, 0) is 19.1 Å². The molecule has 1 N–H and O–H groups in total. The lowest BCUT2D eigenvalue weighted by Crippen LogP contribution is -2.29. The van der Waals surface area contributed by atoms with Gasteiger partial charge in [0.25, 0.3) is 5.91 Å². The van der Waals surface area contributed by atoms with Gasteiger partial charge in [-0.2, -0.15) is 0 Å². The summed E-state index contributed by atoms with van der Waals surface area (Å²) in [4.78, 5) is 18.2. The van der Waals surface area contributed by atoms with E-state index in [0.717, 1.165) is 11.1 Å². The Balaban J connectivity index is 2.60. The Hall–Kier alpha value is -1.65. The number of carbonyl (C=O) groups excluding carboxylic acids is 1. The van der Waals surface area contributed by atoms with Crippen molar-refractivity contribution in [3.05, 3.63) is 40.5 Å². The van der Waals surface area contributed by atoms with Crippen molar-refractivity contribution in [2.24, 2.45) is 0 Å². The number of aromatic nitrogens is 1. The van der Waals surface area contributed by atoms with Gasteiger partial charge in [0.15, 0.2) is 0 Å². The van der Waals surface area contributed by atoms with Crippen LogP contribution in [0.4, 0.5) is 0 Å². The number of likely N-dealkylation sites (N-methyl/N-ethyl adjacent to an activating group) is 1. The topological polar surface area (TPSA) is 53.4 Å². The van der Waals surface area contributed by atoms with E-state index in [4.69, 9.17) is 16.7 Å². The van der Waals surface area contributed by atoms with Crippen LogP contribution in [0.3, 0.4) is 0 Å². The zero-order valence-electron chi connectivity index (χ0n) is 10.9. The Labute approximate surface area is 116 Å². The van der Waals surface area contributed by atoms with Crippen LogP contribution in [-0.4, -0.2) is 41.1 Å². The van der Waals surface area contributed by atoms with Gasteiger partial charge < -0.3 is 10.0 Å². The van der Waals surface area contributed by atoms with E-state index >= 15 is 0 Å². The third kappa shape index (κ3) is 2.69. The molecular formula is C14H15ClN2O2. The van der Waals surface area contributed by atoms with Crippen LogP contribution in [0.5, 0.6) is 0 Å². The van der Waals surface area contributed by atoms with Crippen LogP contribution in [0.15, 0.2) is 24.3 Å². The number of amides is 1. The van der Waals surface area contributed by atoms with Gasteiger partial charge in [-0.25, -0.2) is 0 Å². The number of benzene rings is 1. The van der Waals surface area contributed by atoms with Gasteiger partial charge >= 0.3 is 0 Å². The first-order chi connectivity index (χ1) is 9.04. The number of fused-ring (bicyclic) bond motifs is 1. The summed E-state index contributed by atoms with van der Waals surface area (Å²) in [7, 11) is 1.66. The van der Waals surface area contributed by atoms with E-state index in [-0.39, 0.29) is 12.5 Å². The zero-order chi connectivity index (χ0) is 14.0. The Morgan fingerprint density at radius 3 is 2.89 bits per heavy atom. The molecule has 2 aromatic rings. The van der Waals surface area contributed by atoms with Gasteiger partial charge in [-0.3, -0.25) is 9.78 Å². The fourth-order valence-corrected chi connectivity index (χ4v) is 2.19. The maximum absolute atomic E-state index is 12.4. The Bertz CT molecular complexity index is 628. The Morgan fingerprint density at radius 1 is 1.47 bits per heavy atom.